The van der Waals surface area contributed by atoms with Gasteiger partial charge < -0.3 is 10.3 Å². The number of H-pyrrole nitrogens is 1. The molecule has 2 N–H and O–H groups in total. The van der Waals surface area contributed by atoms with Crippen molar-refractivity contribution in [1.82, 2.24) is 15.2 Å². The summed E-state index contributed by atoms with van der Waals surface area (Å²) in [4.78, 5) is 28.2. The molecule has 1 aromatic heterocycles. The van der Waals surface area contributed by atoms with Gasteiger partial charge in [-0.25, -0.2) is 0 Å². The van der Waals surface area contributed by atoms with E-state index in [0.29, 0.717) is 11.6 Å². The quantitative estimate of drug-likeness (QED) is 0.907. The molecule has 0 aliphatic carbocycles. The summed E-state index contributed by atoms with van der Waals surface area (Å²) in [7, 11) is 0. The van der Waals surface area contributed by atoms with Crippen molar-refractivity contribution in [1.29, 1.82) is 0 Å². The summed E-state index contributed by atoms with van der Waals surface area (Å²) in [5.41, 5.74) is 1.57. The number of benzene rings is 1. The molecular weight excluding hydrogens is 290 g/mol. The van der Waals surface area contributed by atoms with Crippen molar-refractivity contribution in [3.05, 3.63) is 70.1 Å². The average molecular weight is 311 g/mol. The van der Waals surface area contributed by atoms with Crippen LogP contribution in [0.1, 0.15) is 35.3 Å². The maximum Gasteiger partial charge on any atom is 0.253 e. The first-order valence-electron chi connectivity index (χ1n) is 7.92. The fraction of sp³-hybridized carbons (Fsp3) is 0.333. The number of carbonyl (C=O) groups excluding carboxylic acids is 1. The van der Waals surface area contributed by atoms with Gasteiger partial charge in [0.15, 0.2) is 0 Å². The van der Waals surface area contributed by atoms with Gasteiger partial charge >= 0.3 is 0 Å². The second-order valence-electron chi connectivity index (χ2n) is 5.98. The van der Waals surface area contributed by atoms with Crippen LogP contribution in [0.25, 0.3) is 0 Å². The Morgan fingerprint density at radius 3 is 2.74 bits per heavy atom. The smallest absolute Gasteiger partial charge is 0.253 e. The molecule has 1 saturated heterocycles. The highest BCUT2D eigenvalue weighted by Gasteiger charge is 2.27. The van der Waals surface area contributed by atoms with Gasteiger partial charge in [0.1, 0.15) is 0 Å². The number of hydrogen-bond acceptors (Lipinski definition) is 3. The average Bonchev–Trinajstić information content (AvgIpc) is 3.04. The number of hydrogen-bond donors (Lipinski definition) is 2. The number of rotatable bonds is 4. The number of aromatic nitrogens is 1. The Hall–Kier alpha value is -2.40. The Balaban J connectivity index is 1.58. The van der Waals surface area contributed by atoms with E-state index in [1.165, 1.54) is 17.8 Å². The summed E-state index contributed by atoms with van der Waals surface area (Å²) in [6, 6.07) is 13.8. The molecule has 2 heterocycles. The van der Waals surface area contributed by atoms with Gasteiger partial charge in [-0.15, -0.1) is 0 Å². The first kappa shape index (κ1) is 15.5. The molecule has 0 saturated carbocycles. The molecule has 120 valence electrons. The zero-order valence-electron chi connectivity index (χ0n) is 13.2. The number of amides is 1. The van der Waals surface area contributed by atoms with Gasteiger partial charge in [-0.3, -0.25) is 14.5 Å². The first-order chi connectivity index (χ1) is 11.1. The van der Waals surface area contributed by atoms with Crippen LogP contribution in [0.5, 0.6) is 0 Å². The molecule has 0 spiro atoms. The van der Waals surface area contributed by atoms with E-state index < -0.39 is 0 Å². The predicted molar refractivity (Wildman–Crippen MR) is 89.4 cm³/mol. The highest BCUT2D eigenvalue weighted by Crippen LogP contribution is 2.24. The molecule has 0 radical (unpaired) electrons. The van der Waals surface area contributed by atoms with E-state index in [-0.39, 0.29) is 17.5 Å². The van der Waals surface area contributed by atoms with Gasteiger partial charge in [0.2, 0.25) is 5.56 Å². The first-order valence-corrected chi connectivity index (χ1v) is 7.92. The third kappa shape index (κ3) is 3.68. The summed E-state index contributed by atoms with van der Waals surface area (Å²) in [5, 5.41) is 3.05. The fourth-order valence-electron chi connectivity index (χ4n) is 3.02. The fourth-order valence-corrected chi connectivity index (χ4v) is 3.02. The van der Waals surface area contributed by atoms with E-state index in [4.69, 9.17) is 0 Å². The van der Waals surface area contributed by atoms with Crippen LogP contribution in [0.3, 0.4) is 0 Å². The summed E-state index contributed by atoms with van der Waals surface area (Å²) in [5.74, 6) is -0.138. The lowest BCUT2D eigenvalue weighted by atomic mass is 10.1. The molecule has 5 nitrogen and oxygen atoms in total. The minimum atomic E-state index is -0.203. The van der Waals surface area contributed by atoms with Gasteiger partial charge in [0.05, 0.1) is 5.56 Å². The zero-order chi connectivity index (χ0) is 16.2. The molecule has 1 aliphatic heterocycles. The third-order valence-electron chi connectivity index (χ3n) is 4.43. The van der Waals surface area contributed by atoms with Crippen molar-refractivity contribution in [2.75, 3.05) is 13.1 Å². The lowest BCUT2D eigenvalue weighted by Crippen LogP contribution is -2.37. The lowest BCUT2D eigenvalue weighted by Gasteiger charge is -2.24. The molecule has 3 rings (SSSR count). The van der Waals surface area contributed by atoms with Crippen molar-refractivity contribution in [3.63, 3.8) is 0 Å². The molecular formula is C18H21N3O2. The van der Waals surface area contributed by atoms with E-state index in [2.05, 4.69) is 46.4 Å². The van der Waals surface area contributed by atoms with Crippen LogP contribution in [0.4, 0.5) is 0 Å². The van der Waals surface area contributed by atoms with Crippen molar-refractivity contribution in [3.8, 4) is 0 Å². The second kappa shape index (κ2) is 6.79. The van der Waals surface area contributed by atoms with Crippen LogP contribution < -0.4 is 10.9 Å². The number of aromatic amines is 1. The van der Waals surface area contributed by atoms with Crippen molar-refractivity contribution in [2.24, 2.45) is 0 Å². The summed E-state index contributed by atoms with van der Waals surface area (Å²) in [6.07, 6.45) is 2.39. The van der Waals surface area contributed by atoms with Gasteiger partial charge in [0.25, 0.3) is 5.91 Å². The number of carbonyl (C=O) groups is 1. The molecule has 5 heteroatoms. The maximum atomic E-state index is 12.2. The standard InChI is InChI=1S/C18H21N3O2/c1-13(14-5-3-2-4-6-14)21-10-9-16(12-21)20-18(23)15-7-8-17(22)19-11-15/h2-8,11,13,16H,9-10,12H2,1H3,(H,19,22)(H,20,23)/t13-,16+/m0/s1. The molecule has 23 heavy (non-hydrogen) atoms. The van der Waals surface area contributed by atoms with E-state index >= 15 is 0 Å². The summed E-state index contributed by atoms with van der Waals surface area (Å²) in [6.45, 7) is 4.00. The van der Waals surface area contributed by atoms with Gasteiger partial charge in [-0.2, -0.15) is 0 Å². The molecule has 1 aliphatic rings. The van der Waals surface area contributed by atoms with E-state index in [1.54, 1.807) is 6.07 Å². The van der Waals surface area contributed by atoms with Crippen LogP contribution in [-0.2, 0) is 0 Å². The minimum Gasteiger partial charge on any atom is -0.348 e. The van der Waals surface area contributed by atoms with Crippen LogP contribution in [0.2, 0.25) is 0 Å². The Labute approximate surface area is 135 Å². The van der Waals surface area contributed by atoms with Crippen LogP contribution in [0, 0.1) is 0 Å². The largest absolute Gasteiger partial charge is 0.348 e. The highest BCUT2D eigenvalue weighted by molar-refractivity contribution is 5.94. The Morgan fingerprint density at radius 1 is 1.26 bits per heavy atom. The summed E-state index contributed by atoms with van der Waals surface area (Å²) < 4.78 is 0. The maximum absolute atomic E-state index is 12.2. The van der Waals surface area contributed by atoms with Gasteiger partial charge in [-0.05, 0) is 25.0 Å². The highest BCUT2D eigenvalue weighted by atomic mass is 16.2. The lowest BCUT2D eigenvalue weighted by molar-refractivity contribution is 0.0936. The second-order valence-corrected chi connectivity index (χ2v) is 5.98. The molecule has 1 amide bonds. The van der Waals surface area contributed by atoms with E-state index in [9.17, 15) is 9.59 Å². The topological polar surface area (TPSA) is 65.2 Å². The molecule has 1 aromatic carbocycles. The Bertz CT molecular complexity index is 706. The monoisotopic (exact) mass is 311 g/mol. The molecule has 2 atom stereocenters. The third-order valence-corrected chi connectivity index (χ3v) is 4.43. The normalized spacial score (nSPS) is 19.4. The van der Waals surface area contributed by atoms with Crippen molar-refractivity contribution >= 4 is 5.91 Å². The number of pyridine rings is 1. The molecule has 0 unspecified atom stereocenters. The SMILES string of the molecule is C[C@@H](c1ccccc1)N1CC[C@@H](NC(=O)c2ccc(=O)[nH]c2)C1. The van der Waals surface area contributed by atoms with Crippen LogP contribution >= 0.6 is 0 Å². The Morgan fingerprint density at radius 2 is 2.04 bits per heavy atom. The van der Waals surface area contributed by atoms with Crippen molar-refractivity contribution in [2.45, 2.75) is 25.4 Å². The predicted octanol–water partition coefficient (Wildman–Crippen LogP) is 1.94. The number of nitrogens with zero attached hydrogens (tertiary/aromatic N) is 1. The molecule has 2 aromatic rings. The number of nitrogens with one attached hydrogen (secondary N) is 2. The minimum absolute atomic E-state index is 0.138. The van der Waals surface area contributed by atoms with E-state index in [1.807, 2.05) is 6.07 Å². The number of likely N-dealkylation sites (tertiary alicyclic amines) is 1. The molecule has 1 fully saturated rings. The Kier molecular flexibility index (Phi) is 4.57. The van der Waals surface area contributed by atoms with Gasteiger partial charge in [-0.1, -0.05) is 30.3 Å². The van der Waals surface area contributed by atoms with Crippen LogP contribution in [0.15, 0.2) is 53.5 Å². The zero-order valence-corrected chi connectivity index (χ0v) is 13.2. The molecule has 0 bridgehead atoms. The van der Waals surface area contributed by atoms with Crippen molar-refractivity contribution < 1.29 is 4.79 Å². The van der Waals surface area contributed by atoms with Gasteiger partial charge in [0, 0.05) is 37.4 Å². The summed E-state index contributed by atoms with van der Waals surface area (Å²) >= 11 is 0. The van der Waals surface area contributed by atoms with Crippen LogP contribution in [-0.4, -0.2) is 34.9 Å². The van der Waals surface area contributed by atoms with E-state index in [0.717, 1.165) is 19.5 Å².